The Morgan fingerprint density at radius 2 is 1.96 bits per heavy atom. The molecule has 8 heteroatoms. The second-order valence-electron chi connectivity index (χ2n) is 6.95. The molecule has 144 valence electrons. The van der Waals surface area contributed by atoms with Crippen LogP contribution in [0.2, 0.25) is 0 Å². The first-order valence-electron chi connectivity index (χ1n) is 9.19. The Labute approximate surface area is 162 Å². The lowest BCUT2D eigenvalue weighted by Crippen LogP contribution is -2.39. The van der Waals surface area contributed by atoms with Crippen molar-refractivity contribution in [1.82, 2.24) is 29.5 Å². The number of imidazole rings is 1. The summed E-state index contributed by atoms with van der Waals surface area (Å²) in [6.45, 7) is 3.95. The lowest BCUT2D eigenvalue weighted by molar-refractivity contribution is 0.0683. The Kier molecular flexibility index (Phi) is 4.68. The van der Waals surface area contributed by atoms with E-state index in [9.17, 15) is 9.59 Å². The van der Waals surface area contributed by atoms with E-state index in [0.717, 1.165) is 5.56 Å². The van der Waals surface area contributed by atoms with Crippen LogP contribution >= 0.6 is 0 Å². The van der Waals surface area contributed by atoms with E-state index in [4.69, 9.17) is 0 Å². The van der Waals surface area contributed by atoms with Gasteiger partial charge < -0.3 is 14.8 Å². The van der Waals surface area contributed by atoms with E-state index in [0.29, 0.717) is 42.4 Å². The second-order valence-corrected chi connectivity index (χ2v) is 6.95. The van der Waals surface area contributed by atoms with E-state index in [-0.39, 0.29) is 18.4 Å². The normalized spacial score (nSPS) is 13.5. The first kappa shape index (κ1) is 18.0. The topological polar surface area (TPSA) is 85.0 Å². The number of fused-ring (bicyclic) bond motifs is 1. The fourth-order valence-electron chi connectivity index (χ4n) is 3.41. The Morgan fingerprint density at radius 3 is 2.68 bits per heavy atom. The van der Waals surface area contributed by atoms with Crippen LogP contribution in [0.4, 0.5) is 0 Å². The lowest BCUT2D eigenvalue weighted by atomic mass is 10.2. The van der Waals surface area contributed by atoms with Gasteiger partial charge in [-0.3, -0.25) is 14.3 Å². The van der Waals surface area contributed by atoms with Crippen LogP contribution in [0.3, 0.4) is 0 Å². The molecule has 28 heavy (non-hydrogen) atoms. The van der Waals surface area contributed by atoms with Crippen molar-refractivity contribution in [1.29, 1.82) is 0 Å². The maximum Gasteiger partial charge on any atom is 0.290 e. The minimum absolute atomic E-state index is 0.0872. The van der Waals surface area contributed by atoms with Crippen LogP contribution in [0.25, 0.3) is 0 Å². The molecule has 1 aromatic carbocycles. The molecular formula is C20H22N6O2. The summed E-state index contributed by atoms with van der Waals surface area (Å²) in [5.41, 5.74) is 2.97. The van der Waals surface area contributed by atoms with E-state index in [1.165, 1.54) is 0 Å². The first-order valence-corrected chi connectivity index (χ1v) is 9.19. The summed E-state index contributed by atoms with van der Waals surface area (Å²) in [6, 6.07) is 9.91. The molecule has 0 radical (unpaired) electrons. The van der Waals surface area contributed by atoms with Crippen LogP contribution < -0.4 is 5.32 Å². The van der Waals surface area contributed by atoms with Crippen LogP contribution in [0.15, 0.2) is 42.7 Å². The number of aromatic nitrogens is 4. The Bertz CT molecular complexity index is 1020. The summed E-state index contributed by atoms with van der Waals surface area (Å²) in [7, 11) is 1.78. The van der Waals surface area contributed by atoms with Crippen molar-refractivity contribution in [3.05, 3.63) is 71.1 Å². The molecule has 3 heterocycles. The van der Waals surface area contributed by atoms with Gasteiger partial charge in [-0.05, 0) is 12.5 Å². The van der Waals surface area contributed by atoms with Crippen LogP contribution in [0.5, 0.6) is 0 Å². The third-order valence-corrected chi connectivity index (χ3v) is 4.82. The largest absolute Gasteiger partial charge is 0.346 e. The molecule has 2 amide bonds. The van der Waals surface area contributed by atoms with Crippen LogP contribution in [-0.2, 0) is 26.7 Å². The second kappa shape index (κ2) is 7.30. The highest BCUT2D eigenvalue weighted by molar-refractivity contribution is 5.95. The molecule has 0 spiro atoms. The number of rotatable bonds is 5. The number of benzene rings is 1. The molecule has 0 bridgehead atoms. The molecule has 1 aliphatic rings. The molecular weight excluding hydrogens is 356 g/mol. The summed E-state index contributed by atoms with van der Waals surface area (Å²) in [4.78, 5) is 31.4. The van der Waals surface area contributed by atoms with Crippen molar-refractivity contribution in [2.75, 3.05) is 6.54 Å². The van der Waals surface area contributed by atoms with E-state index >= 15 is 0 Å². The molecule has 1 aliphatic heterocycles. The fraction of sp³-hybridized carbons (Fsp3) is 0.300. The van der Waals surface area contributed by atoms with Crippen molar-refractivity contribution < 1.29 is 9.59 Å². The number of carbonyl (C=O) groups excluding carboxylic acids is 2. The third kappa shape index (κ3) is 3.53. The van der Waals surface area contributed by atoms with Gasteiger partial charge in [0.2, 0.25) is 0 Å². The van der Waals surface area contributed by atoms with Gasteiger partial charge in [0.05, 0.1) is 23.5 Å². The van der Waals surface area contributed by atoms with Gasteiger partial charge in [0.15, 0.2) is 5.82 Å². The van der Waals surface area contributed by atoms with Crippen molar-refractivity contribution >= 4 is 11.8 Å². The predicted octanol–water partition coefficient (Wildman–Crippen LogP) is 1.51. The standard InChI is InChI=1S/C20H22N6O2/c1-14-17(13-24(2)23-14)19(27)21-10-16-12-25-8-9-26(20(28)18(25)22-16)11-15-6-4-3-5-7-15/h3-7,12-13H,8-11H2,1-2H3,(H,21,27). The van der Waals surface area contributed by atoms with Crippen molar-refractivity contribution in [3.8, 4) is 0 Å². The van der Waals surface area contributed by atoms with Gasteiger partial charge in [0.1, 0.15) is 0 Å². The molecule has 0 aliphatic carbocycles. The molecule has 0 fully saturated rings. The quantitative estimate of drug-likeness (QED) is 0.729. The molecule has 1 N–H and O–H groups in total. The summed E-state index contributed by atoms with van der Waals surface area (Å²) in [5, 5.41) is 7.03. The van der Waals surface area contributed by atoms with Gasteiger partial charge in [-0.1, -0.05) is 30.3 Å². The van der Waals surface area contributed by atoms with Crippen molar-refractivity contribution in [2.45, 2.75) is 26.6 Å². The number of hydrogen-bond donors (Lipinski definition) is 1. The number of carbonyl (C=O) groups is 2. The minimum atomic E-state index is -0.200. The zero-order valence-corrected chi connectivity index (χ0v) is 15.9. The van der Waals surface area contributed by atoms with Gasteiger partial charge in [0, 0.05) is 39.1 Å². The van der Waals surface area contributed by atoms with Gasteiger partial charge >= 0.3 is 0 Å². The first-order chi connectivity index (χ1) is 13.5. The van der Waals surface area contributed by atoms with E-state index in [2.05, 4.69) is 15.4 Å². The Hall–Kier alpha value is -3.42. The summed E-state index contributed by atoms with van der Waals surface area (Å²) >= 11 is 0. The SMILES string of the molecule is Cc1nn(C)cc1C(=O)NCc1cn2c(n1)C(=O)N(Cc1ccccc1)CC2. The monoisotopic (exact) mass is 378 g/mol. The average molecular weight is 378 g/mol. The average Bonchev–Trinajstić information content (AvgIpc) is 3.26. The summed E-state index contributed by atoms with van der Waals surface area (Å²) in [5.74, 6) is 0.133. The van der Waals surface area contributed by atoms with E-state index < -0.39 is 0 Å². The predicted molar refractivity (Wildman–Crippen MR) is 103 cm³/mol. The number of aryl methyl sites for hydroxylation is 2. The fourth-order valence-corrected chi connectivity index (χ4v) is 3.41. The zero-order valence-electron chi connectivity index (χ0n) is 15.9. The van der Waals surface area contributed by atoms with Crippen molar-refractivity contribution in [3.63, 3.8) is 0 Å². The van der Waals surface area contributed by atoms with Crippen LogP contribution in [-0.4, -0.2) is 42.6 Å². The number of nitrogens with zero attached hydrogens (tertiary/aromatic N) is 5. The highest BCUT2D eigenvalue weighted by atomic mass is 16.2. The molecule has 0 saturated carbocycles. The Morgan fingerprint density at radius 1 is 1.18 bits per heavy atom. The zero-order chi connectivity index (χ0) is 19.7. The molecule has 3 aromatic rings. The highest BCUT2D eigenvalue weighted by Gasteiger charge is 2.27. The highest BCUT2D eigenvalue weighted by Crippen LogP contribution is 2.16. The molecule has 8 nitrogen and oxygen atoms in total. The molecule has 4 rings (SSSR count). The summed E-state index contributed by atoms with van der Waals surface area (Å²) < 4.78 is 3.47. The summed E-state index contributed by atoms with van der Waals surface area (Å²) in [6.07, 6.45) is 3.53. The minimum Gasteiger partial charge on any atom is -0.346 e. The molecule has 0 unspecified atom stereocenters. The van der Waals surface area contributed by atoms with Crippen LogP contribution in [0.1, 0.15) is 37.9 Å². The molecule has 0 atom stereocenters. The van der Waals surface area contributed by atoms with Gasteiger partial charge in [-0.2, -0.15) is 5.10 Å². The van der Waals surface area contributed by atoms with Gasteiger partial charge in [0.25, 0.3) is 11.8 Å². The smallest absolute Gasteiger partial charge is 0.290 e. The van der Waals surface area contributed by atoms with E-state index in [1.807, 2.05) is 41.1 Å². The maximum atomic E-state index is 12.8. The van der Waals surface area contributed by atoms with Crippen molar-refractivity contribution in [2.24, 2.45) is 7.05 Å². The van der Waals surface area contributed by atoms with Gasteiger partial charge in [-0.25, -0.2) is 4.98 Å². The van der Waals surface area contributed by atoms with Crippen LogP contribution in [0, 0.1) is 6.92 Å². The molecule has 0 saturated heterocycles. The Balaban J connectivity index is 1.42. The van der Waals surface area contributed by atoms with Gasteiger partial charge in [-0.15, -0.1) is 0 Å². The third-order valence-electron chi connectivity index (χ3n) is 4.82. The maximum absolute atomic E-state index is 12.8. The number of hydrogen-bond acceptors (Lipinski definition) is 4. The lowest BCUT2D eigenvalue weighted by Gasteiger charge is -2.27. The van der Waals surface area contributed by atoms with E-state index in [1.54, 1.807) is 29.7 Å². The number of amides is 2. The molecule has 2 aromatic heterocycles. The number of nitrogens with one attached hydrogen (secondary N) is 1.